The number of carbonyl (C=O) groups excluding carboxylic acids is 1. The fraction of sp³-hybridized carbons (Fsp3) is 0.300. The molecule has 7 nitrogen and oxygen atoms in total. The maximum absolute atomic E-state index is 12.7. The van der Waals surface area contributed by atoms with Crippen LogP contribution in [0.15, 0.2) is 47.9 Å². The normalized spacial score (nSPS) is 14.8. The van der Waals surface area contributed by atoms with Gasteiger partial charge in [-0.1, -0.05) is 35.0 Å². The molecule has 0 spiro atoms. The van der Waals surface area contributed by atoms with Crippen LogP contribution in [0.2, 0.25) is 10.0 Å². The quantitative estimate of drug-likeness (QED) is 0.540. The molecule has 1 amide bonds. The zero-order valence-corrected chi connectivity index (χ0v) is 18.7. The van der Waals surface area contributed by atoms with Gasteiger partial charge in [0.25, 0.3) is 0 Å². The molecule has 0 unspecified atom stereocenters. The third kappa shape index (κ3) is 4.62. The number of thioether (sulfide) groups is 1. The van der Waals surface area contributed by atoms with Crippen LogP contribution in [0.1, 0.15) is 0 Å². The summed E-state index contributed by atoms with van der Waals surface area (Å²) in [6, 6.07) is 9.10. The highest BCUT2D eigenvalue weighted by Gasteiger charge is 2.22. The van der Waals surface area contributed by atoms with Gasteiger partial charge in [0.2, 0.25) is 5.91 Å². The van der Waals surface area contributed by atoms with Crippen LogP contribution in [0.5, 0.6) is 0 Å². The molecule has 4 rings (SSSR count). The van der Waals surface area contributed by atoms with Gasteiger partial charge in [0.15, 0.2) is 11.0 Å². The molecular weight excluding hydrogens is 443 g/mol. The maximum atomic E-state index is 12.7. The highest BCUT2D eigenvalue weighted by Crippen LogP contribution is 2.31. The summed E-state index contributed by atoms with van der Waals surface area (Å²) >= 11 is 13.7. The fourth-order valence-corrected chi connectivity index (χ4v) is 4.32. The Morgan fingerprint density at radius 2 is 1.90 bits per heavy atom. The molecule has 0 bridgehead atoms. The van der Waals surface area contributed by atoms with E-state index in [0.717, 1.165) is 37.4 Å². The van der Waals surface area contributed by atoms with Crippen LogP contribution in [0.25, 0.3) is 17.1 Å². The number of hydrogen-bond acceptors (Lipinski definition) is 6. The molecule has 0 N–H and O–H groups in total. The summed E-state index contributed by atoms with van der Waals surface area (Å²) in [6.45, 7) is 3.27. The van der Waals surface area contributed by atoms with Crippen molar-refractivity contribution in [2.75, 3.05) is 39.0 Å². The van der Waals surface area contributed by atoms with E-state index in [-0.39, 0.29) is 11.7 Å². The smallest absolute Gasteiger partial charge is 0.233 e. The zero-order valence-electron chi connectivity index (χ0n) is 16.3. The molecule has 0 saturated carbocycles. The fourth-order valence-electron chi connectivity index (χ4n) is 3.18. The number of carbonyl (C=O) groups is 1. The number of pyridine rings is 1. The van der Waals surface area contributed by atoms with E-state index in [4.69, 9.17) is 23.2 Å². The van der Waals surface area contributed by atoms with Crippen molar-refractivity contribution < 1.29 is 4.79 Å². The number of piperazine rings is 1. The third-order valence-corrected chi connectivity index (χ3v) is 6.55. The van der Waals surface area contributed by atoms with Crippen LogP contribution < -0.4 is 0 Å². The number of likely N-dealkylation sites (N-methyl/N-ethyl adjacent to an activating group) is 1. The van der Waals surface area contributed by atoms with Gasteiger partial charge >= 0.3 is 0 Å². The second kappa shape index (κ2) is 9.34. The van der Waals surface area contributed by atoms with Crippen molar-refractivity contribution in [1.82, 2.24) is 29.5 Å². The molecule has 1 aliphatic rings. The summed E-state index contributed by atoms with van der Waals surface area (Å²) in [6.07, 6.45) is 3.43. The van der Waals surface area contributed by atoms with Crippen molar-refractivity contribution in [2.45, 2.75) is 5.16 Å². The third-order valence-electron chi connectivity index (χ3n) is 4.90. The van der Waals surface area contributed by atoms with Gasteiger partial charge in [-0.25, -0.2) is 0 Å². The first-order valence-corrected chi connectivity index (χ1v) is 11.2. The number of benzene rings is 1. The number of nitrogens with zero attached hydrogens (tertiary/aromatic N) is 6. The van der Waals surface area contributed by atoms with Gasteiger partial charge in [0.1, 0.15) is 0 Å². The predicted octanol–water partition coefficient (Wildman–Crippen LogP) is 3.50. The summed E-state index contributed by atoms with van der Waals surface area (Å²) < 4.78 is 1.88. The lowest BCUT2D eigenvalue weighted by Crippen LogP contribution is -2.47. The summed E-state index contributed by atoms with van der Waals surface area (Å²) in [7, 11) is 2.07. The second-order valence-electron chi connectivity index (χ2n) is 6.95. The van der Waals surface area contributed by atoms with E-state index in [1.807, 2.05) is 27.7 Å². The Hall–Kier alpha value is -2.13. The standard InChI is InChI=1S/C20H20Cl2N6OS/c1-26-7-9-27(10-8-26)18(29)13-30-20-25-24-19(14-3-2-6-23-12-14)28(20)15-4-5-16(21)17(22)11-15/h2-6,11-12H,7-10,13H2,1H3. The van der Waals surface area contributed by atoms with Crippen LogP contribution >= 0.6 is 35.0 Å². The summed E-state index contributed by atoms with van der Waals surface area (Å²) in [5.74, 6) is 1.01. The van der Waals surface area contributed by atoms with Crippen molar-refractivity contribution >= 4 is 40.9 Å². The Balaban J connectivity index is 1.62. The predicted molar refractivity (Wildman–Crippen MR) is 119 cm³/mol. The van der Waals surface area contributed by atoms with Gasteiger partial charge < -0.3 is 9.80 Å². The molecule has 3 heterocycles. The van der Waals surface area contributed by atoms with E-state index in [1.54, 1.807) is 24.5 Å². The minimum Gasteiger partial charge on any atom is -0.339 e. The molecule has 1 aromatic carbocycles. The summed E-state index contributed by atoms with van der Waals surface area (Å²) in [5, 5.41) is 10.2. The Labute approximate surface area is 189 Å². The first-order chi connectivity index (χ1) is 14.5. The minimum atomic E-state index is 0.0970. The molecule has 0 radical (unpaired) electrons. The molecule has 30 heavy (non-hydrogen) atoms. The van der Waals surface area contributed by atoms with Gasteiger partial charge in [-0.05, 0) is 37.4 Å². The van der Waals surface area contributed by atoms with Gasteiger partial charge in [0.05, 0.1) is 21.5 Å². The summed E-state index contributed by atoms with van der Waals surface area (Å²) in [4.78, 5) is 21.0. The van der Waals surface area contributed by atoms with Crippen LogP contribution in [0, 0.1) is 0 Å². The molecule has 0 aliphatic carbocycles. The van der Waals surface area contributed by atoms with Gasteiger partial charge in [-0.15, -0.1) is 10.2 Å². The first kappa shape index (κ1) is 21.1. The highest BCUT2D eigenvalue weighted by molar-refractivity contribution is 7.99. The van der Waals surface area contributed by atoms with Crippen LogP contribution in [-0.2, 0) is 4.79 Å². The van der Waals surface area contributed by atoms with E-state index < -0.39 is 0 Å². The molecule has 1 saturated heterocycles. The minimum absolute atomic E-state index is 0.0970. The SMILES string of the molecule is CN1CCN(C(=O)CSc2nnc(-c3cccnc3)n2-c2ccc(Cl)c(Cl)c2)CC1. The Bertz CT molecular complexity index is 1040. The van der Waals surface area contributed by atoms with Gasteiger partial charge in [0, 0.05) is 44.1 Å². The maximum Gasteiger partial charge on any atom is 0.233 e. The topological polar surface area (TPSA) is 67.2 Å². The average molecular weight is 463 g/mol. The molecule has 1 aliphatic heterocycles. The number of amides is 1. The molecule has 156 valence electrons. The monoisotopic (exact) mass is 462 g/mol. The van der Waals surface area contributed by atoms with E-state index in [0.29, 0.717) is 21.0 Å². The van der Waals surface area contributed by atoms with Crippen molar-refractivity contribution in [3.8, 4) is 17.1 Å². The number of aromatic nitrogens is 4. The number of rotatable bonds is 5. The number of halogens is 2. The van der Waals surface area contributed by atoms with Crippen LogP contribution in [-0.4, -0.2) is 74.4 Å². The van der Waals surface area contributed by atoms with E-state index in [1.165, 1.54) is 11.8 Å². The number of hydrogen-bond donors (Lipinski definition) is 0. The lowest BCUT2D eigenvalue weighted by molar-refractivity contribution is -0.129. The van der Waals surface area contributed by atoms with Crippen molar-refractivity contribution in [1.29, 1.82) is 0 Å². The Morgan fingerprint density at radius 3 is 2.60 bits per heavy atom. The molecule has 10 heteroatoms. The van der Waals surface area contributed by atoms with Crippen molar-refractivity contribution in [2.24, 2.45) is 0 Å². The average Bonchev–Trinajstić information content (AvgIpc) is 3.19. The Kier molecular flexibility index (Phi) is 6.58. The highest BCUT2D eigenvalue weighted by atomic mass is 35.5. The molecule has 2 aromatic heterocycles. The summed E-state index contributed by atoms with van der Waals surface area (Å²) in [5.41, 5.74) is 1.58. The molecule has 3 aromatic rings. The first-order valence-electron chi connectivity index (χ1n) is 9.43. The lowest BCUT2D eigenvalue weighted by atomic mass is 10.2. The molecule has 1 fully saturated rings. The largest absolute Gasteiger partial charge is 0.339 e. The van der Waals surface area contributed by atoms with Crippen LogP contribution in [0.4, 0.5) is 0 Å². The lowest BCUT2D eigenvalue weighted by Gasteiger charge is -2.32. The van der Waals surface area contributed by atoms with E-state index in [9.17, 15) is 4.79 Å². The zero-order chi connectivity index (χ0) is 21.1. The van der Waals surface area contributed by atoms with E-state index >= 15 is 0 Å². The van der Waals surface area contributed by atoms with Crippen molar-refractivity contribution in [3.05, 3.63) is 52.8 Å². The molecule has 0 atom stereocenters. The molecular formula is C20H20Cl2N6OS. The van der Waals surface area contributed by atoms with E-state index in [2.05, 4.69) is 27.1 Å². The van der Waals surface area contributed by atoms with Gasteiger partial charge in [-0.3, -0.25) is 14.3 Å². The Morgan fingerprint density at radius 1 is 1.10 bits per heavy atom. The second-order valence-corrected chi connectivity index (χ2v) is 8.71. The van der Waals surface area contributed by atoms with Crippen molar-refractivity contribution in [3.63, 3.8) is 0 Å². The van der Waals surface area contributed by atoms with Crippen LogP contribution in [0.3, 0.4) is 0 Å². The van der Waals surface area contributed by atoms with Gasteiger partial charge in [-0.2, -0.15) is 0 Å².